The minimum atomic E-state index is -0.582. The predicted octanol–water partition coefficient (Wildman–Crippen LogP) is 1.32. The molecule has 0 heterocycles. The number of rotatable bonds is 8. The number of aliphatic hydroxyl groups is 1. The Bertz CT molecular complexity index is 156. The smallest absolute Gasteiger partial charge is 0.0766 e. The summed E-state index contributed by atoms with van der Waals surface area (Å²) in [6.07, 6.45) is 2.39. The Balaban J connectivity index is 3.39. The summed E-state index contributed by atoms with van der Waals surface area (Å²) in [6, 6.07) is 0. The zero-order chi connectivity index (χ0) is 11.9. The molecule has 0 saturated carbocycles. The summed E-state index contributed by atoms with van der Waals surface area (Å²) >= 11 is 0. The number of hydrogen-bond acceptors (Lipinski definition) is 3. The molecule has 1 atom stereocenters. The first-order valence-electron chi connectivity index (χ1n) is 5.94. The summed E-state index contributed by atoms with van der Waals surface area (Å²) in [5.41, 5.74) is -0.582. The van der Waals surface area contributed by atoms with Crippen LogP contribution < -0.4 is 5.32 Å². The normalized spacial score (nSPS) is 16.0. The SMILES string of the molecule is CC(C)C(C)(O)CNCCCCN(C)C. The summed E-state index contributed by atoms with van der Waals surface area (Å²) in [5.74, 6) is 0.298. The van der Waals surface area contributed by atoms with E-state index in [2.05, 4.69) is 24.3 Å². The molecule has 0 aliphatic rings. The van der Waals surface area contributed by atoms with Gasteiger partial charge in [0.15, 0.2) is 0 Å². The average Bonchev–Trinajstić information content (AvgIpc) is 2.10. The van der Waals surface area contributed by atoms with E-state index in [-0.39, 0.29) is 0 Å². The van der Waals surface area contributed by atoms with Gasteiger partial charge in [0.2, 0.25) is 0 Å². The fourth-order valence-corrected chi connectivity index (χ4v) is 1.22. The summed E-state index contributed by atoms with van der Waals surface area (Å²) in [6.45, 7) is 8.82. The number of unbranched alkanes of at least 4 members (excludes halogenated alkanes) is 1. The molecule has 0 aromatic rings. The predicted molar refractivity (Wildman–Crippen MR) is 66.1 cm³/mol. The van der Waals surface area contributed by atoms with Gasteiger partial charge in [-0.3, -0.25) is 0 Å². The van der Waals surface area contributed by atoms with E-state index >= 15 is 0 Å². The Morgan fingerprint density at radius 1 is 1.27 bits per heavy atom. The number of hydrogen-bond donors (Lipinski definition) is 2. The monoisotopic (exact) mass is 216 g/mol. The first kappa shape index (κ1) is 14.9. The minimum Gasteiger partial charge on any atom is -0.389 e. The Hall–Kier alpha value is -0.120. The lowest BCUT2D eigenvalue weighted by molar-refractivity contribution is 0.0143. The maximum absolute atomic E-state index is 9.97. The van der Waals surface area contributed by atoms with Crippen LogP contribution in [0.1, 0.15) is 33.6 Å². The molecule has 0 aromatic heterocycles. The molecule has 1 unspecified atom stereocenters. The number of nitrogens with zero attached hydrogens (tertiary/aromatic N) is 1. The molecule has 0 bridgehead atoms. The third-order valence-corrected chi connectivity index (χ3v) is 2.94. The highest BCUT2D eigenvalue weighted by molar-refractivity contribution is 4.78. The number of nitrogens with one attached hydrogen (secondary N) is 1. The third kappa shape index (κ3) is 7.77. The van der Waals surface area contributed by atoms with Crippen molar-refractivity contribution in [1.82, 2.24) is 10.2 Å². The van der Waals surface area contributed by atoms with E-state index in [0.29, 0.717) is 12.5 Å². The molecule has 0 spiro atoms. The maximum Gasteiger partial charge on any atom is 0.0766 e. The van der Waals surface area contributed by atoms with E-state index in [4.69, 9.17) is 0 Å². The van der Waals surface area contributed by atoms with E-state index in [1.807, 2.05) is 20.8 Å². The summed E-state index contributed by atoms with van der Waals surface area (Å²) in [7, 11) is 4.19. The van der Waals surface area contributed by atoms with Crippen LogP contribution in [0.2, 0.25) is 0 Å². The summed E-state index contributed by atoms with van der Waals surface area (Å²) in [4.78, 5) is 2.20. The second-order valence-electron chi connectivity index (χ2n) is 5.20. The summed E-state index contributed by atoms with van der Waals surface area (Å²) < 4.78 is 0. The molecule has 0 rings (SSSR count). The van der Waals surface area contributed by atoms with Crippen molar-refractivity contribution in [3.8, 4) is 0 Å². The van der Waals surface area contributed by atoms with Crippen molar-refractivity contribution < 1.29 is 5.11 Å². The van der Waals surface area contributed by atoms with Gasteiger partial charge in [-0.15, -0.1) is 0 Å². The molecular formula is C12H28N2O. The van der Waals surface area contributed by atoms with Crippen molar-refractivity contribution in [1.29, 1.82) is 0 Å². The molecule has 0 aliphatic heterocycles. The molecule has 15 heavy (non-hydrogen) atoms. The second kappa shape index (κ2) is 7.20. The highest BCUT2D eigenvalue weighted by atomic mass is 16.3. The quantitative estimate of drug-likeness (QED) is 0.601. The van der Waals surface area contributed by atoms with Gasteiger partial charge in [-0.25, -0.2) is 0 Å². The van der Waals surface area contributed by atoms with Crippen LogP contribution in [0.15, 0.2) is 0 Å². The standard InChI is InChI=1S/C12H28N2O/c1-11(2)12(3,15)10-13-8-6-7-9-14(4)5/h11,13,15H,6-10H2,1-5H3. The van der Waals surface area contributed by atoms with Crippen LogP contribution >= 0.6 is 0 Å². The highest BCUT2D eigenvalue weighted by Crippen LogP contribution is 2.14. The van der Waals surface area contributed by atoms with Gasteiger partial charge in [0.25, 0.3) is 0 Å². The van der Waals surface area contributed by atoms with Gasteiger partial charge in [0, 0.05) is 6.54 Å². The van der Waals surface area contributed by atoms with Crippen LogP contribution in [0.3, 0.4) is 0 Å². The lowest BCUT2D eigenvalue weighted by Crippen LogP contribution is -2.42. The van der Waals surface area contributed by atoms with Gasteiger partial charge in [-0.1, -0.05) is 13.8 Å². The molecule has 0 aliphatic carbocycles. The largest absolute Gasteiger partial charge is 0.389 e. The Labute approximate surface area is 94.9 Å². The molecule has 3 heteroatoms. The molecule has 3 nitrogen and oxygen atoms in total. The maximum atomic E-state index is 9.97. The minimum absolute atomic E-state index is 0.298. The molecule has 0 radical (unpaired) electrons. The fourth-order valence-electron chi connectivity index (χ4n) is 1.22. The van der Waals surface area contributed by atoms with Crippen molar-refractivity contribution in [3.63, 3.8) is 0 Å². The molecular weight excluding hydrogens is 188 g/mol. The Morgan fingerprint density at radius 2 is 1.87 bits per heavy atom. The molecule has 0 aromatic carbocycles. The van der Waals surface area contributed by atoms with Crippen LogP contribution in [0.5, 0.6) is 0 Å². The fraction of sp³-hybridized carbons (Fsp3) is 1.00. The van der Waals surface area contributed by atoms with Crippen molar-refractivity contribution in [2.24, 2.45) is 5.92 Å². The molecule has 92 valence electrons. The van der Waals surface area contributed by atoms with Crippen molar-refractivity contribution >= 4 is 0 Å². The van der Waals surface area contributed by atoms with Crippen molar-refractivity contribution in [2.45, 2.75) is 39.2 Å². The van der Waals surface area contributed by atoms with Gasteiger partial charge in [0.05, 0.1) is 5.60 Å². The van der Waals surface area contributed by atoms with Crippen LogP contribution in [0.4, 0.5) is 0 Å². The Morgan fingerprint density at radius 3 is 2.33 bits per heavy atom. The van der Waals surface area contributed by atoms with E-state index in [1.54, 1.807) is 0 Å². The molecule has 0 fully saturated rings. The lowest BCUT2D eigenvalue weighted by Gasteiger charge is -2.28. The van der Waals surface area contributed by atoms with Crippen molar-refractivity contribution in [3.05, 3.63) is 0 Å². The van der Waals surface area contributed by atoms with Crippen LogP contribution in [0.25, 0.3) is 0 Å². The van der Waals surface area contributed by atoms with Gasteiger partial charge < -0.3 is 15.3 Å². The second-order valence-corrected chi connectivity index (χ2v) is 5.20. The van der Waals surface area contributed by atoms with Gasteiger partial charge >= 0.3 is 0 Å². The highest BCUT2D eigenvalue weighted by Gasteiger charge is 2.23. The topological polar surface area (TPSA) is 35.5 Å². The van der Waals surface area contributed by atoms with Crippen molar-refractivity contribution in [2.75, 3.05) is 33.7 Å². The van der Waals surface area contributed by atoms with Crippen LogP contribution in [-0.4, -0.2) is 49.3 Å². The van der Waals surface area contributed by atoms with Crippen LogP contribution in [0, 0.1) is 5.92 Å². The molecule has 0 amide bonds. The molecule has 2 N–H and O–H groups in total. The first-order chi connectivity index (χ1) is 6.86. The van der Waals surface area contributed by atoms with Crippen LogP contribution in [-0.2, 0) is 0 Å². The lowest BCUT2D eigenvalue weighted by atomic mass is 9.92. The zero-order valence-corrected chi connectivity index (χ0v) is 11.0. The van der Waals surface area contributed by atoms with Gasteiger partial charge in [-0.2, -0.15) is 0 Å². The van der Waals surface area contributed by atoms with E-state index in [1.165, 1.54) is 12.8 Å². The van der Waals surface area contributed by atoms with E-state index in [9.17, 15) is 5.11 Å². The molecule has 0 saturated heterocycles. The van der Waals surface area contributed by atoms with E-state index in [0.717, 1.165) is 13.1 Å². The first-order valence-corrected chi connectivity index (χ1v) is 5.94. The van der Waals surface area contributed by atoms with Gasteiger partial charge in [0.1, 0.15) is 0 Å². The average molecular weight is 216 g/mol. The van der Waals surface area contributed by atoms with E-state index < -0.39 is 5.60 Å². The summed E-state index contributed by atoms with van der Waals surface area (Å²) in [5, 5.41) is 13.3. The third-order valence-electron chi connectivity index (χ3n) is 2.94. The Kier molecular flexibility index (Phi) is 7.14. The zero-order valence-electron chi connectivity index (χ0n) is 11.0. The van der Waals surface area contributed by atoms with Gasteiger partial charge in [-0.05, 0) is 52.9 Å².